The van der Waals surface area contributed by atoms with Crippen molar-refractivity contribution in [2.75, 3.05) is 7.11 Å². The second kappa shape index (κ2) is 4.11. The van der Waals surface area contributed by atoms with Crippen molar-refractivity contribution in [2.24, 2.45) is 0 Å². The van der Waals surface area contributed by atoms with Gasteiger partial charge in [0.2, 0.25) is 5.75 Å². The molecule has 0 N–H and O–H groups in total. The van der Waals surface area contributed by atoms with Gasteiger partial charge in [0.05, 0.1) is 7.11 Å². The van der Waals surface area contributed by atoms with Crippen LogP contribution in [0.4, 0.5) is 0 Å². The maximum atomic E-state index is 11.9. The minimum absolute atomic E-state index is 0.236. The van der Waals surface area contributed by atoms with Gasteiger partial charge in [-0.05, 0) is 0 Å². The van der Waals surface area contributed by atoms with Crippen LogP contribution in [0.5, 0.6) is 5.75 Å². The fourth-order valence-electron chi connectivity index (χ4n) is 1.24. The van der Waals surface area contributed by atoms with Gasteiger partial charge in [-0.15, -0.1) is 0 Å². The lowest BCUT2D eigenvalue weighted by Gasteiger charge is -2.03. The summed E-state index contributed by atoms with van der Waals surface area (Å²) in [6, 6.07) is 0. The van der Waals surface area contributed by atoms with E-state index in [1.165, 1.54) is 29.0 Å². The summed E-state index contributed by atoms with van der Waals surface area (Å²) in [4.78, 5) is 16.7. The molecular weight excluding hydrogens is 304 g/mol. The number of alkyl halides is 1. The molecule has 2 aromatic heterocycles. The molecule has 2 aromatic rings. The maximum Gasteiger partial charge on any atom is 0.301 e. The molecule has 0 aliphatic heterocycles. The summed E-state index contributed by atoms with van der Waals surface area (Å²) < 4.78 is 6.93. The van der Waals surface area contributed by atoms with Crippen LogP contribution in [0.3, 0.4) is 0 Å². The average Bonchev–Trinajstić information content (AvgIpc) is 2.59. The molecule has 0 aliphatic carbocycles. The average molecular weight is 310 g/mol. The van der Waals surface area contributed by atoms with E-state index in [-0.39, 0.29) is 11.3 Å². The molecule has 2 rings (SSSR count). The highest BCUT2D eigenvalue weighted by Crippen LogP contribution is 2.23. The van der Waals surface area contributed by atoms with E-state index in [0.717, 1.165) is 0 Å². The number of nitrogens with zero attached hydrogens (tertiary/aromatic N) is 2. The molecule has 0 aliphatic rings. The summed E-state index contributed by atoms with van der Waals surface area (Å²) in [6.45, 7) is 0. The molecule has 0 saturated carbocycles. The Bertz CT molecular complexity index is 566. The van der Waals surface area contributed by atoms with Gasteiger partial charge in [0, 0.05) is 11.5 Å². The van der Waals surface area contributed by atoms with Crippen molar-refractivity contribution in [3.63, 3.8) is 0 Å². The molecule has 0 bridgehead atoms. The predicted octanol–water partition coefficient (Wildman–Crippen LogP) is 2.31. The highest BCUT2D eigenvalue weighted by atomic mass is 79.9. The predicted molar refractivity (Wildman–Crippen MR) is 63.5 cm³/mol. The van der Waals surface area contributed by atoms with E-state index < -0.39 is 0 Å². The second-order valence-electron chi connectivity index (χ2n) is 2.72. The van der Waals surface area contributed by atoms with Crippen molar-refractivity contribution in [2.45, 2.75) is 5.33 Å². The van der Waals surface area contributed by atoms with E-state index >= 15 is 0 Å². The highest BCUT2D eigenvalue weighted by Gasteiger charge is 2.13. The third-order valence-electron chi connectivity index (χ3n) is 1.86. The zero-order chi connectivity index (χ0) is 11.0. The smallest absolute Gasteiger partial charge is 0.301 e. The molecular formula is C8H6BrClN2O2S. The Morgan fingerprint density at radius 2 is 2.47 bits per heavy atom. The molecule has 4 nitrogen and oxygen atoms in total. The summed E-state index contributed by atoms with van der Waals surface area (Å²) in [5.41, 5.74) is 0.348. The third-order valence-corrected chi connectivity index (χ3v) is 3.49. The molecule has 0 atom stereocenters. The Balaban J connectivity index is 2.87. The number of hydrogen-bond donors (Lipinski definition) is 0. The van der Waals surface area contributed by atoms with Gasteiger partial charge in [-0.2, -0.15) is 0 Å². The SMILES string of the molecule is COc1c(CBr)nc2sc(Cl)cn2c1=O. The molecule has 15 heavy (non-hydrogen) atoms. The van der Waals surface area contributed by atoms with Gasteiger partial charge in [-0.1, -0.05) is 38.9 Å². The minimum atomic E-state index is -0.236. The Morgan fingerprint density at radius 1 is 1.73 bits per heavy atom. The molecule has 80 valence electrons. The quantitative estimate of drug-likeness (QED) is 0.800. The van der Waals surface area contributed by atoms with Gasteiger partial charge >= 0.3 is 5.56 Å². The van der Waals surface area contributed by atoms with Crippen molar-refractivity contribution >= 4 is 43.8 Å². The van der Waals surface area contributed by atoms with Crippen molar-refractivity contribution in [1.29, 1.82) is 0 Å². The number of thiazole rings is 1. The Hall–Kier alpha value is -0.590. The van der Waals surface area contributed by atoms with Crippen LogP contribution in [0.1, 0.15) is 5.69 Å². The Morgan fingerprint density at radius 3 is 3.07 bits per heavy atom. The lowest BCUT2D eigenvalue weighted by Crippen LogP contribution is -2.17. The first-order valence-electron chi connectivity index (χ1n) is 3.98. The van der Waals surface area contributed by atoms with E-state index in [1.54, 1.807) is 0 Å². The highest BCUT2D eigenvalue weighted by molar-refractivity contribution is 9.08. The van der Waals surface area contributed by atoms with Crippen LogP contribution in [0, 0.1) is 0 Å². The van der Waals surface area contributed by atoms with Crippen molar-refractivity contribution in [3.05, 3.63) is 26.6 Å². The van der Waals surface area contributed by atoms with Crippen LogP contribution in [0.15, 0.2) is 11.0 Å². The summed E-state index contributed by atoms with van der Waals surface area (Å²) >= 11 is 10.3. The van der Waals surface area contributed by atoms with E-state index in [4.69, 9.17) is 16.3 Å². The van der Waals surface area contributed by atoms with Crippen LogP contribution in [-0.2, 0) is 5.33 Å². The van der Waals surface area contributed by atoms with E-state index in [0.29, 0.717) is 20.3 Å². The standard InChI is InChI=1S/C8H6BrClN2O2S/c1-14-6-4(2-9)11-8-12(7(6)13)3-5(10)15-8/h3H,2H2,1H3. The number of halogens is 2. The number of rotatable bonds is 2. The van der Waals surface area contributed by atoms with Gasteiger partial charge in [0.15, 0.2) is 4.96 Å². The van der Waals surface area contributed by atoms with E-state index in [2.05, 4.69) is 20.9 Å². The lowest BCUT2D eigenvalue weighted by atomic mass is 10.4. The second-order valence-corrected chi connectivity index (χ2v) is 4.92. The number of methoxy groups -OCH3 is 1. The molecule has 0 radical (unpaired) electrons. The summed E-state index contributed by atoms with van der Waals surface area (Å²) in [5, 5.41) is 0.470. The molecule has 0 aromatic carbocycles. The van der Waals surface area contributed by atoms with E-state index in [9.17, 15) is 4.79 Å². The Labute approximate surface area is 103 Å². The van der Waals surface area contributed by atoms with Crippen LogP contribution in [0.2, 0.25) is 4.34 Å². The monoisotopic (exact) mass is 308 g/mol. The van der Waals surface area contributed by atoms with Crippen molar-refractivity contribution < 1.29 is 4.74 Å². The Kier molecular flexibility index (Phi) is 2.99. The van der Waals surface area contributed by atoms with Gasteiger partial charge in [-0.3, -0.25) is 9.20 Å². The molecule has 0 unspecified atom stereocenters. The fraction of sp³-hybridized carbons (Fsp3) is 0.250. The van der Waals surface area contributed by atoms with Crippen LogP contribution in [0.25, 0.3) is 4.96 Å². The molecule has 0 spiro atoms. The largest absolute Gasteiger partial charge is 0.490 e. The van der Waals surface area contributed by atoms with Crippen LogP contribution >= 0.6 is 38.9 Å². The normalized spacial score (nSPS) is 10.9. The molecule has 0 fully saturated rings. The zero-order valence-corrected chi connectivity index (χ0v) is 10.8. The fourth-order valence-corrected chi connectivity index (χ4v) is 2.64. The number of ether oxygens (including phenoxy) is 1. The first-order chi connectivity index (χ1) is 7.17. The molecule has 2 heterocycles. The summed E-state index contributed by atoms with van der Waals surface area (Å²) in [6.07, 6.45) is 1.54. The number of aromatic nitrogens is 2. The summed E-state index contributed by atoms with van der Waals surface area (Å²) in [5.74, 6) is 0.249. The maximum absolute atomic E-state index is 11.9. The van der Waals surface area contributed by atoms with Gasteiger partial charge in [0.25, 0.3) is 0 Å². The van der Waals surface area contributed by atoms with Gasteiger partial charge in [0.1, 0.15) is 10.0 Å². The zero-order valence-electron chi connectivity index (χ0n) is 7.66. The molecule has 7 heteroatoms. The minimum Gasteiger partial charge on any atom is -0.490 e. The van der Waals surface area contributed by atoms with Crippen molar-refractivity contribution in [3.8, 4) is 5.75 Å². The number of fused-ring (bicyclic) bond motifs is 1. The topological polar surface area (TPSA) is 43.6 Å². The molecule has 0 amide bonds. The third kappa shape index (κ3) is 1.77. The van der Waals surface area contributed by atoms with Crippen molar-refractivity contribution in [1.82, 2.24) is 9.38 Å². The van der Waals surface area contributed by atoms with E-state index in [1.807, 2.05) is 0 Å². The van der Waals surface area contributed by atoms with Crippen LogP contribution < -0.4 is 10.3 Å². The van der Waals surface area contributed by atoms with Crippen LogP contribution in [-0.4, -0.2) is 16.5 Å². The first-order valence-corrected chi connectivity index (χ1v) is 6.29. The number of hydrogen-bond acceptors (Lipinski definition) is 4. The molecule has 0 saturated heterocycles. The summed E-state index contributed by atoms with van der Waals surface area (Å²) in [7, 11) is 1.45. The van der Waals surface area contributed by atoms with Gasteiger partial charge < -0.3 is 4.74 Å². The lowest BCUT2D eigenvalue weighted by molar-refractivity contribution is 0.401. The first kappa shape index (κ1) is 10.9. The van der Waals surface area contributed by atoms with Gasteiger partial charge in [-0.25, -0.2) is 4.98 Å².